The van der Waals surface area contributed by atoms with Gasteiger partial charge in [-0.3, -0.25) is 0 Å². The maximum atomic E-state index is 8.74. The highest BCUT2D eigenvalue weighted by atomic mass is 35.5. The molecule has 0 bridgehead atoms. The van der Waals surface area contributed by atoms with E-state index in [0.717, 1.165) is 23.1 Å². The van der Waals surface area contributed by atoms with Crippen molar-refractivity contribution in [1.82, 2.24) is 0 Å². The molecule has 0 aliphatic heterocycles. The van der Waals surface area contributed by atoms with Crippen molar-refractivity contribution in [3.8, 4) is 6.07 Å². The van der Waals surface area contributed by atoms with Crippen LogP contribution in [0, 0.1) is 18.3 Å². The number of benzene rings is 1. The Morgan fingerprint density at radius 2 is 2.29 bits per heavy atom. The zero-order valence-electron chi connectivity index (χ0n) is 8.13. The van der Waals surface area contributed by atoms with Crippen molar-refractivity contribution in [2.75, 3.05) is 5.88 Å². The first-order valence-corrected chi connectivity index (χ1v) is 5.04. The van der Waals surface area contributed by atoms with Crippen LogP contribution in [0.3, 0.4) is 0 Å². The zero-order valence-corrected chi connectivity index (χ0v) is 8.88. The molecule has 0 unspecified atom stereocenters. The van der Waals surface area contributed by atoms with Crippen molar-refractivity contribution in [2.45, 2.75) is 13.3 Å². The third kappa shape index (κ3) is 2.90. The Kier molecular flexibility index (Phi) is 4.22. The number of alkyl halides is 1. The first kappa shape index (κ1) is 10.8. The summed E-state index contributed by atoms with van der Waals surface area (Å²) in [5.41, 5.74) is 2.87. The fourth-order valence-electron chi connectivity index (χ4n) is 1.20. The van der Waals surface area contributed by atoms with Crippen LogP contribution < -0.4 is 0 Å². The molecule has 0 N–H and O–H groups in total. The van der Waals surface area contributed by atoms with Gasteiger partial charge in [0.15, 0.2) is 0 Å². The first-order chi connectivity index (χ1) is 6.77. The lowest BCUT2D eigenvalue weighted by Gasteiger charge is -1.98. The molecule has 72 valence electrons. The van der Waals surface area contributed by atoms with Crippen molar-refractivity contribution < 1.29 is 0 Å². The first-order valence-electron chi connectivity index (χ1n) is 4.51. The number of halogens is 1. The van der Waals surface area contributed by atoms with Crippen molar-refractivity contribution in [3.63, 3.8) is 0 Å². The molecule has 0 radical (unpaired) electrons. The van der Waals surface area contributed by atoms with E-state index in [1.54, 1.807) is 0 Å². The summed E-state index contributed by atoms with van der Waals surface area (Å²) >= 11 is 5.55. The predicted molar refractivity (Wildman–Crippen MR) is 60.3 cm³/mol. The van der Waals surface area contributed by atoms with Gasteiger partial charge in [-0.05, 0) is 30.5 Å². The third-order valence-electron chi connectivity index (χ3n) is 1.96. The maximum Gasteiger partial charge on any atom is 0.0994 e. The molecule has 0 atom stereocenters. The molecular formula is C12H12ClN. The van der Waals surface area contributed by atoms with E-state index in [4.69, 9.17) is 16.9 Å². The minimum Gasteiger partial charge on any atom is -0.192 e. The molecule has 0 fully saturated rings. The Bertz CT molecular complexity index is 374. The number of aryl methyl sites for hydroxylation is 1. The van der Waals surface area contributed by atoms with Crippen LogP contribution in [0.15, 0.2) is 24.3 Å². The van der Waals surface area contributed by atoms with Gasteiger partial charge in [-0.25, -0.2) is 0 Å². The molecule has 0 saturated heterocycles. The lowest BCUT2D eigenvalue weighted by atomic mass is 10.1. The van der Waals surface area contributed by atoms with Crippen LogP contribution in [-0.4, -0.2) is 5.88 Å². The fourth-order valence-corrected chi connectivity index (χ4v) is 1.32. The fraction of sp³-hybridized carbons (Fsp3) is 0.250. The average molecular weight is 206 g/mol. The summed E-state index contributed by atoms with van der Waals surface area (Å²) in [6.45, 7) is 1.94. The molecule has 14 heavy (non-hydrogen) atoms. The quantitative estimate of drug-likeness (QED) is 0.693. The highest BCUT2D eigenvalue weighted by Gasteiger charge is 1.95. The van der Waals surface area contributed by atoms with Crippen LogP contribution in [0.25, 0.3) is 6.08 Å². The second-order valence-corrected chi connectivity index (χ2v) is 3.44. The van der Waals surface area contributed by atoms with Crippen molar-refractivity contribution in [2.24, 2.45) is 0 Å². The molecule has 1 aromatic carbocycles. The third-order valence-corrected chi connectivity index (χ3v) is 2.18. The Morgan fingerprint density at radius 3 is 2.86 bits per heavy atom. The maximum absolute atomic E-state index is 8.74. The van der Waals surface area contributed by atoms with Crippen LogP contribution in [0.5, 0.6) is 0 Å². The van der Waals surface area contributed by atoms with E-state index in [-0.39, 0.29) is 0 Å². The van der Waals surface area contributed by atoms with Gasteiger partial charge < -0.3 is 0 Å². The van der Waals surface area contributed by atoms with E-state index >= 15 is 0 Å². The normalized spacial score (nSPS) is 10.4. The van der Waals surface area contributed by atoms with Crippen LogP contribution in [0.4, 0.5) is 0 Å². The van der Waals surface area contributed by atoms with Gasteiger partial charge in [0, 0.05) is 5.88 Å². The molecule has 1 aromatic rings. The van der Waals surface area contributed by atoms with Gasteiger partial charge in [0.25, 0.3) is 0 Å². The van der Waals surface area contributed by atoms with E-state index in [2.05, 4.69) is 6.07 Å². The number of rotatable bonds is 3. The Hall–Kier alpha value is -1.26. The Balaban J connectivity index is 2.82. The topological polar surface area (TPSA) is 23.8 Å². The largest absolute Gasteiger partial charge is 0.192 e. The minimum atomic E-state index is 0.645. The van der Waals surface area contributed by atoms with E-state index in [1.165, 1.54) is 0 Å². The second kappa shape index (κ2) is 5.47. The van der Waals surface area contributed by atoms with Crippen molar-refractivity contribution in [3.05, 3.63) is 41.0 Å². The van der Waals surface area contributed by atoms with Gasteiger partial charge in [0.05, 0.1) is 11.6 Å². The van der Waals surface area contributed by atoms with Gasteiger partial charge in [-0.1, -0.05) is 24.3 Å². The Morgan fingerprint density at radius 1 is 1.50 bits per heavy atom. The monoisotopic (exact) mass is 205 g/mol. The van der Waals surface area contributed by atoms with Gasteiger partial charge >= 0.3 is 0 Å². The Labute approximate surface area is 89.6 Å². The molecular weight excluding hydrogens is 194 g/mol. The van der Waals surface area contributed by atoms with Crippen LogP contribution in [-0.2, 0) is 0 Å². The van der Waals surface area contributed by atoms with Crippen molar-refractivity contribution in [1.29, 1.82) is 5.26 Å². The summed E-state index contributed by atoms with van der Waals surface area (Å²) in [5.74, 6) is 0.645. The highest BCUT2D eigenvalue weighted by molar-refractivity contribution is 6.17. The second-order valence-electron chi connectivity index (χ2n) is 3.07. The van der Waals surface area contributed by atoms with Crippen LogP contribution in [0.2, 0.25) is 0 Å². The van der Waals surface area contributed by atoms with E-state index in [1.807, 2.05) is 37.3 Å². The molecule has 1 rings (SSSR count). The lowest BCUT2D eigenvalue weighted by molar-refractivity contribution is 1.24. The summed E-state index contributed by atoms with van der Waals surface area (Å²) in [5, 5.41) is 8.74. The predicted octanol–water partition coefficient (Wildman–Crippen LogP) is 3.51. The summed E-state index contributed by atoms with van der Waals surface area (Å²) < 4.78 is 0. The SMILES string of the molecule is Cc1cc(C=CCCCl)ccc1C#N. The molecule has 0 aliphatic rings. The van der Waals surface area contributed by atoms with Crippen molar-refractivity contribution >= 4 is 17.7 Å². The molecule has 0 aromatic heterocycles. The molecule has 0 aliphatic carbocycles. The molecule has 0 saturated carbocycles. The lowest BCUT2D eigenvalue weighted by Crippen LogP contribution is -1.82. The van der Waals surface area contributed by atoms with Gasteiger partial charge in [-0.2, -0.15) is 5.26 Å². The molecule has 0 heterocycles. The van der Waals surface area contributed by atoms with Crippen LogP contribution in [0.1, 0.15) is 23.1 Å². The minimum absolute atomic E-state index is 0.645. The van der Waals surface area contributed by atoms with E-state index < -0.39 is 0 Å². The highest BCUT2D eigenvalue weighted by Crippen LogP contribution is 2.11. The number of hydrogen-bond acceptors (Lipinski definition) is 1. The summed E-state index contributed by atoms with van der Waals surface area (Å²) in [7, 11) is 0. The van der Waals surface area contributed by atoms with Gasteiger partial charge in [0.1, 0.15) is 0 Å². The molecule has 0 amide bonds. The molecule has 1 nitrogen and oxygen atoms in total. The summed E-state index contributed by atoms with van der Waals surface area (Å²) in [6.07, 6.45) is 4.94. The standard InChI is InChI=1S/C12H12ClN/c1-10-8-11(4-2-3-7-13)5-6-12(10)9-14/h2,4-6,8H,3,7H2,1H3. The molecule has 0 spiro atoms. The summed E-state index contributed by atoms with van der Waals surface area (Å²) in [6, 6.07) is 7.93. The van der Waals surface area contributed by atoms with Gasteiger partial charge in [-0.15, -0.1) is 11.6 Å². The average Bonchev–Trinajstić information content (AvgIpc) is 2.18. The van der Waals surface area contributed by atoms with E-state index in [0.29, 0.717) is 5.88 Å². The molecule has 2 heteroatoms. The van der Waals surface area contributed by atoms with Gasteiger partial charge in [0.2, 0.25) is 0 Å². The van der Waals surface area contributed by atoms with Crippen LogP contribution >= 0.6 is 11.6 Å². The number of nitriles is 1. The number of nitrogens with zero attached hydrogens (tertiary/aromatic N) is 1. The number of hydrogen-bond donors (Lipinski definition) is 0. The zero-order chi connectivity index (χ0) is 10.4. The summed E-state index contributed by atoms with van der Waals surface area (Å²) in [4.78, 5) is 0. The van der Waals surface area contributed by atoms with E-state index in [9.17, 15) is 0 Å². The number of allylic oxidation sites excluding steroid dienone is 1. The smallest absolute Gasteiger partial charge is 0.0994 e.